The number of methoxy groups -OCH3 is 1. The smallest absolute Gasteiger partial charge is 0.287 e. The van der Waals surface area contributed by atoms with Crippen molar-refractivity contribution in [2.24, 2.45) is 5.10 Å². The molecule has 0 N–H and O–H groups in total. The third kappa shape index (κ3) is 5.07. The maximum atomic E-state index is 13.0. The van der Waals surface area contributed by atoms with Crippen LogP contribution in [0.4, 0.5) is 5.13 Å². The number of aromatic nitrogens is 1. The molecular formula is C24H21N3O3S. The Morgan fingerprint density at radius 2 is 1.84 bits per heavy atom. The predicted molar refractivity (Wildman–Crippen MR) is 124 cm³/mol. The zero-order valence-electron chi connectivity index (χ0n) is 17.2. The van der Waals surface area contributed by atoms with Gasteiger partial charge in [0.1, 0.15) is 11.5 Å². The van der Waals surface area contributed by atoms with Crippen LogP contribution < -0.4 is 14.5 Å². The molecule has 0 aliphatic heterocycles. The first-order valence-corrected chi connectivity index (χ1v) is 10.5. The number of amides is 1. The maximum absolute atomic E-state index is 13.0. The normalized spacial score (nSPS) is 11.0. The Bertz CT molecular complexity index is 1200. The fourth-order valence-electron chi connectivity index (χ4n) is 2.83. The number of carbonyl (C=O) groups excluding carboxylic acids is 1. The van der Waals surface area contributed by atoms with Crippen LogP contribution in [0.3, 0.4) is 0 Å². The van der Waals surface area contributed by atoms with E-state index in [-0.39, 0.29) is 12.5 Å². The molecule has 156 valence electrons. The molecule has 4 rings (SSSR count). The monoisotopic (exact) mass is 431 g/mol. The fraction of sp³-hybridized carbons (Fsp3) is 0.125. The largest absolute Gasteiger partial charge is 0.497 e. The summed E-state index contributed by atoms with van der Waals surface area (Å²) in [4.78, 5) is 17.6. The van der Waals surface area contributed by atoms with E-state index in [1.807, 2.05) is 67.6 Å². The summed E-state index contributed by atoms with van der Waals surface area (Å²) in [6, 6.07) is 22.7. The number of rotatable bonds is 7. The summed E-state index contributed by atoms with van der Waals surface area (Å²) in [7, 11) is 1.62. The highest BCUT2D eigenvalue weighted by molar-refractivity contribution is 7.22. The second-order valence-corrected chi connectivity index (χ2v) is 7.80. The number of aryl methyl sites for hydroxylation is 1. The summed E-state index contributed by atoms with van der Waals surface area (Å²) >= 11 is 1.37. The summed E-state index contributed by atoms with van der Waals surface area (Å²) in [5.41, 5.74) is 2.81. The maximum Gasteiger partial charge on any atom is 0.287 e. The molecule has 0 aliphatic carbocycles. The molecule has 0 aliphatic rings. The Hall–Kier alpha value is -3.71. The average molecular weight is 432 g/mol. The number of anilines is 1. The standard InChI is InChI=1S/C24H21N3O3S/c1-17-8-10-18(11-9-17)15-25-27(23(28)16-30-19-6-4-3-5-7-19)24-26-21-13-12-20(29-2)14-22(21)31-24/h3-15H,16H2,1-2H3/b25-15+. The highest BCUT2D eigenvalue weighted by Crippen LogP contribution is 2.31. The van der Waals surface area contributed by atoms with Crippen LogP contribution in [0, 0.1) is 6.92 Å². The summed E-state index contributed by atoms with van der Waals surface area (Å²) < 4.78 is 11.8. The number of ether oxygens (including phenoxy) is 2. The molecule has 0 atom stereocenters. The van der Waals surface area contributed by atoms with Crippen molar-refractivity contribution in [3.05, 3.63) is 83.9 Å². The molecule has 0 saturated carbocycles. The summed E-state index contributed by atoms with van der Waals surface area (Å²) in [6.07, 6.45) is 1.65. The van der Waals surface area contributed by atoms with Crippen molar-refractivity contribution in [3.63, 3.8) is 0 Å². The number of fused-ring (bicyclic) bond motifs is 1. The highest BCUT2D eigenvalue weighted by atomic mass is 32.1. The quantitative estimate of drug-likeness (QED) is 0.303. The Kier molecular flexibility index (Phi) is 6.24. The van der Waals surface area contributed by atoms with Crippen LogP contribution >= 0.6 is 11.3 Å². The number of hydrogen-bond acceptors (Lipinski definition) is 6. The molecule has 0 bridgehead atoms. The molecule has 7 heteroatoms. The van der Waals surface area contributed by atoms with E-state index >= 15 is 0 Å². The first kappa shape index (κ1) is 20.6. The molecule has 0 spiro atoms. The Labute approximate surface area is 184 Å². The van der Waals surface area contributed by atoms with Gasteiger partial charge in [-0.15, -0.1) is 0 Å². The van der Waals surface area contributed by atoms with Crippen molar-refractivity contribution in [3.8, 4) is 11.5 Å². The lowest BCUT2D eigenvalue weighted by atomic mass is 10.2. The number of carbonyl (C=O) groups is 1. The fourth-order valence-corrected chi connectivity index (χ4v) is 3.80. The van der Waals surface area contributed by atoms with Crippen molar-refractivity contribution in [1.29, 1.82) is 0 Å². The molecule has 1 heterocycles. The molecular weight excluding hydrogens is 410 g/mol. The number of nitrogens with zero attached hydrogens (tertiary/aromatic N) is 3. The van der Waals surface area contributed by atoms with E-state index in [1.54, 1.807) is 25.5 Å². The number of hydrazone groups is 1. The van der Waals surface area contributed by atoms with Gasteiger partial charge in [0.25, 0.3) is 5.91 Å². The van der Waals surface area contributed by atoms with Crippen molar-refractivity contribution in [2.45, 2.75) is 6.92 Å². The molecule has 4 aromatic rings. The highest BCUT2D eigenvalue weighted by Gasteiger charge is 2.20. The first-order valence-electron chi connectivity index (χ1n) is 9.68. The van der Waals surface area contributed by atoms with E-state index in [0.717, 1.165) is 27.1 Å². The van der Waals surface area contributed by atoms with Gasteiger partial charge in [-0.1, -0.05) is 59.4 Å². The van der Waals surface area contributed by atoms with E-state index in [2.05, 4.69) is 10.1 Å². The molecule has 6 nitrogen and oxygen atoms in total. The minimum Gasteiger partial charge on any atom is -0.497 e. The Balaban J connectivity index is 1.62. The van der Waals surface area contributed by atoms with Gasteiger partial charge in [-0.05, 0) is 42.8 Å². The molecule has 1 amide bonds. The molecule has 0 saturated heterocycles. The van der Waals surface area contributed by atoms with Crippen LogP contribution in [-0.2, 0) is 4.79 Å². The van der Waals surface area contributed by atoms with E-state index in [0.29, 0.717) is 10.9 Å². The number of para-hydroxylation sites is 1. The second-order valence-electron chi connectivity index (χ2n) is 6.79. The zero-order valence-corrected chi connectivity index (χ0v) is 18.0. The zero-order chi connectivity index (χ0) is 21.6. The van der Waals surface area contributed by atoms with Gasteiger partial charge in [0.2, 0.25) is 5.13 Å². The molecule has 0 radical (unpaired) electrons. The van der Waals surface area contributed by atoms with Gasteiger partial charge in [-0.3, -0.25) is 4.79 Å². The van der Waals surface area contributed by atoms with Crippen molar-refractivity contribution < 1.29 is 14.3 Å². The number of thiazole rings is 1. The third-order valence-electron chi connectivity index (χ3n) is 4.51. The van der Waals surface area contributed by atoms with Crippen LogP contribution in [0.2, 0.25) is 0 Å². The second kappa shape index (κ2) is 9.40. The minimum atomic E-state index is -0.321. The van der Waals surface area contributed by atoms with E-state index in [1.165, 1.54) is 16.3 Å². The molecule has 1 aromatic heterocycles. The first-order chi connectivity index (χ1) is 15.1. The molecule has 3 aromatic carbocycles. The number of hydrogen-bond donors (Lipinski definition) is 0. The van der Waals surface area contributed by atoms with Gasteiger partial charge in [0, 0.05) is 0 Å². The van der Waals surface area contributed by atoms with Gasteiger partial charge in [-0.25, -0.2) is 4.98 Å². The predicted octanol–water partition coefficient (Wildman–Crippen LogP) is 5.06. The van der Waals surface area contributed by atoms with Gasteiger partial charge >= 0.3 is 0 Å². The van der Waals surface area contributed by atoms with E-state index in [9.17, 15) is 4.79 Å². The summed E-state index contributed by atoms with van der Waals surface area (Å²) in [5, 5.41) is 6.20. The van der Waals surface area contributed by atoms with Gasteiger partial charge in [-0.2, -0.15) is 10.1 Å². The lowest BCUT2D eigenvalue weighted by Gasteiger charge is -2.14. The van der Waals surface area contributed by atoms with E-state index < -0.39 is 0 Å². The summed E-state index contributed by atoms with van der Waals surface area (Å²) in [5.74, 6) is 1.03. The molecule has 0 unspecified atom stereocenters. The van der Waals surface area contributed by atoms with Crippen LogP contribution in [-0.4, -0.2) is 30.8 Å². The Morgan fingerprint density at radius 1 is 1.06 bits per heavy atom. The van der Waals surface area contributed by atoms with Crippen molar-refractivity contribution >= 4 is 38.8 Å². The van der Waals surface area contributed by atoms with Crippen molar-refractivity contribution in [1.82, 2.24) is 4.98 Å². The lowest BCUT2D eigenvalue weighted by molar-refractivity contribution is -0.120. The van der Waals surface area contributed by atoms with Crippen LogP contribution in [0.15, 0.2) is 77.9 Å². The van der Waals surface area contributed by atoms with Crippen LogP contribution in [0.1, 0.15) is 11.1 Å². The topological polar surface area (TPSA) is 64.0 Å². The van der Waals surface area contributed by atoms with E-state index in [4.69, 9.17) is 9.47 Å². The van der Waals surface area contributed by atoms with Crippen molar-refractivity contribution in [2.75, 3.05) is 18.7 Å². The lowest BCUT2D eigenvalue weighted by Crippen LogP contribution is -2.30. The Morgan fingerprint density at radius 3 is 2.58 bits per heavy atom. The average Bonchev–Trinajstić information content (AvgIpc) is 3.22. The van der Waals surface area contributed by atoms with Gasteiger partial charge in [0.05, 0.1) is 23.5 Å². The third-order valence-corrected chi connectivity index (χ3v) is 5.50. The van der Waals surface area contributed by atoms with Crippen LogP contribution in [0.25, 0.3) is 10.2 Å². The SMILES string of the molecule is COc1ccc2nc(N(/N=C/c3ccc(C)cc3)C(=O)COc3ccccc3)sc2c1. The summed E-state index contributed by atoms with van der Waals surface area (Å²) in [6.45, 7) is 1.86. The van der Waals surface area contributed by atoms with Gasteiger partial charge in [0.15, 0.2) is 6.61 Å². The molecule has 31 heavy (non-hydrogen) atoms. The van der Waals surface area contributed by atoms with Crippen LogP contribution in [0.5, 0.6) is 11.5 Å². The van der Waals surface area contributed by atoms with Gasteiger partial charge < -0.3 is 9.47 Å². The minimum absolute atomic E-state index is 0.158. The number of benzene rings is 3. The molecule has 0 fully saturated rings.